The quantitative estimate of drug-likeness (QED) is 0.329. The van der Waals surface area contributed by atoms with Crippen LogP contribution in [0.4, 0.5) is 0 Å². The Hall–Kier alpha value is -2.53. The van der Waals surface area contributed by atoms with Crippen LogP contribution in [0.2, 0.25) is 0 Å². The van der Waals surface area contributed by atoms with E-state index in [2.05, 4.69) is 55.8 Å². The standard InChI is InChI=1S/C31H38N2O2S/c1-5-6-10-17-33-20-25(28(35)32-29-30(2,3)21-15-16-31(29,4)19-21)27(34)24-14-13-23(18-26(24)33)36-22-11-8-7-9-12-22/h7-9,11-14,18,20-21,29H,5-6,10,15-17,19H2,1-4H3,(H,32,35)/t21?,29-,31-/m1/s1. The van der Waals surface area contributed by atoms with Gasteiger partial charge in [0.15, 0.2) is 0 Å². The first-order valence-electron chi connectivity index (χ1n) is 13.4. The van der Waals surface area contributed by atoms with Crippen LogP contribution in [0.15, 0.2) is 69.3 Å². The number of nitrogens with one attached hydrogen (secondary N) is 1. The largest absolute Gasteiger partial charge is 0.348 e. The molecule has 5 rings (SSSR count). The molecule has 0 radical (unpaired) electrons. The van der Waals surface area contributed by atoms with Crippen LogP contribution in [-0.2, 0) is 6.54 Å². The zero-order valence-electron chi connectivity index (χ0n) is 22.0. The van der Waals surface area contributed by atoms with Gasteiger partial charge in [-0.2, -0.15) is 0 Å². The van der Waals surface area contributed by atoms with Gasteiger partial charge in [0, 0.05) is 34.0 Å². The number of fused-ring (bicyclic) bond motifs is 3. The highest BCUT2D eigenvalue weighted by Gasteiger charge is 2.59. The van der Waals surface area contributed by atoms with E-state index >= 15 is 0 Å². The second kappa shape index (κ2) is 9.74. The molecule has 2 aliphatic carbocycles. The molecule has 2 fully saturated rings. The lowest BCUT2D eigenvalue weighted by Crippen LogP contribution is -2.53. The normalized spacial score (nSPS) is 24.3. The van der Waals surface area contributed by atoms with Crippen molar-refractivity contribution in [1.29, 1.82) is 0 Å². The highest BCUT2D eigenvalue weighted by Crippen LogP contribution is 2.62. The maximum Gasteiger partial charge on any atom is 0.257 e. The van der Waals surface area contributed by atoms with E-state index in [9.17, 15) is 9.59 Å². The molecule has 36 heavy (non-hydrogen) atoms. The van der Waals surface area contributed by atoms with Crippen molar-refractivity contribution in [2.24, 2.45) is 16.7 Å². The fraction of sp³-hybridized carbons (Fsp3) is 0.484. The van der Waals surface area contributed by atoms with Gasteiger partial charge in [-0.05, 0) is 72.8 Å². The number of aryl methyl sites for hydroxylation is 1. The van der Waals surface area contributed by atoms with Crippen LogP contribution in [0.1, 0.15) is 76.6 Å². The lowest BCUT2D eigenvalue weighted by Gasteiger charge is -2.43. The molecule has 3 atom stereocenters. The second-order valence-corrected chi connectivity index (χ2v) is 12.8. The summed E-state index contributed by atoms with van der Waals surface area (Å²) in [4.78, 5) is 29.5. The van der Waals surface area contributed by atoms with Gasteiger partial charge in [0.25, 0.3) is 5.91 Å². The topological polar surface area (TPSA) is 51.1 Å². The van der Waals surface area contributed by atoms with Crippen molar-refractivity contribution < 1.29 is 4.79 Å². The van der Waals surface area contributed by atoms with Crippen LogP contribution in [0.3, 0.4) is 0 Å². The molecule has 1 heterocycles. The number of carbonyl (C=O) groups excluding carboxylic acids is 1. The van der Waals surface area contributed by atoms with Crippen molar-refractivity contribution in [2.75, 3.05) is 0 Å². The van der Waals surface area contributed by atoms with E-state index in [0.717, 1.165) is 54.0 Å². The van der Waals surface area contributed by atoms with E-state index in [4.69, 9.17) is 0 Å². The molecular weight excluding hydrogens is 464 g/mol. The minimum atomic E-state index is -0.222. The minimum Gasteiger partial charge on any atom is -0.348 e. The highest BCUT2D eigenvalue weighted by molar-refractivity contribution is 7.99. The molecule has 1 N–H and O–H groups in total. The molecule has 0 aliphatic heterocycles. The number of aromatic nitrogens is 1. The van der Waals surface area contributed by atoms with Crippen molar-refractivity contribution in [3.05, 3.63) is 70.5 Å². The summed E-state index contributed by atoms with van der Waals surface area (Å²) in [6.07, 6.45) is 8.61. The van der Waals surface area contributed by atoms with Crippen LogP contribution < -0.4 is 10.7 Å². The third-order valence-corrected chi connectivity index (χ3v) is 9.82. The van der Waals surface area contributed by atoms with E-state index in [1.54, 1.807) is 11.8 Å². The molecule has 4 nitrogen and oxygen atoms in total. The minimum absolute atomic E-state index is 0.0449. The number of hydrogen-bond acceptors (Lipinski definition) is 3. The number of amides is 1. The molecule has 2 bridgehead atoms. The molecular formula is C31H38N2O2S. The summed E-state index contributed by atoms with van der Waals surface area (Å²) >= 11 is 1.69. The summed E-state index contributed by atoms with van der Waals surface area (Å²) in [6.45, 7) is 9.85. The maximum atomic E-state index is 13.6. The van der Waals surface area contributed by atoms with Crippen LogP contribution in [0.25, 0.3) is 10.9 Å². The van der Waals surface area contributed by atoms with Gasteiger partial charge in [0.1, 0.15) is 5.56 Å². The Labute approximate surface area is 218 Å². The predicted molar refractivity (Wildman–Crippen MR) is 149 cm³/mol. The molecule has 3 aromatic rings. The monoisotopic (exact) mass is 502 g/mol. The molecule has 2 saturated carbocycles. The molecule has 1 unspecified atom stereocenters. The zero-order valence-corrected chi connectivity index (χ0v) is 22.8. The number of hydrogen-bond donors (Lipinski definition) is 1. The van der Waals surface area contributed by atoms with Crippen LogP contribution >= 0.6 is 11.8 Å². The summed E-state index contributed by atoms with van der Waals surface area (Å²) in [7, 11) is 0. The Morgan fingerprint density at radius 3 is 2.56 bits per heavy atom. The lowest BCUT2D eigenvalue weighted by atomic mass is 9.68. The molecule has 0 spiro atoms. The summed E-state index contributed by atoms with van der Waals surface area (Å²) in [5, 5.41) is 3.97. The predicted octanol–water partition coefficient (Wildman–Crippen LogP) is 7.29. The highest BCUT2D eigenvalue weighted by atomic mass is 32.2. The smallest absolute Gasteiger partial charge is 0.257 e. The Kier molecular flexibility index (Phi) is 6.80. The van der Waals surface area contributed by atoms with Crippen molar-refractivity contribution in [1.82, 2.24) is 9.88 Å². The third kappa shape index (κ3) is 4.51. The molecule has 2 aliphatic rings. The van der Waals surface area contributed by atoms with Crippen molar-refractivity contribution in [3.63, 3.8) is 0 Å². The van der Waals surface area contributed by atoms with Gasteiger partial charge in [-0.3, -0.25) is 9.59 Å². The summed E-state index contributed by atoms with van der Waals surface area (Å²) in [6, 6.07) is 16.4. The average molecular weight is 503 g/mol. The fourth-order valence-corrected chi connectivity index (χ4v) is 7.68. The Bertz CT molecular complexity index is 1320. The lowest BCUT2D eigenvalue weighted by molar-refractivity contribution is 0.0736. The number of rotatable bonds is 8. The Morgan fingerprint density at radius 2 is 1.86 bits per heavy atom. The SMILES string of the molecule is CCCCCn1cc(C(=O)N[C@@H]2C(C)(C)C3CC[C@]2(C)C3)c(=O)c2ccc(Sc3ccccc3)cc21. The number of nitrogens with zero attached hydrogens (tertiary/aromatic N) is 1. The summed E-state index contributed by atoms with van der Waals surface area (Å²) in [5.41, 5.74) is 1.16. The first-order valence-corrected chi connectivity index (χ1v) is 14.3. The van der Waals surface area contributed by atoms with Gasteiger partial charge in [0.05, 0.1) is 5.52 Å². The molecule has 0 saturated heterocycles. The molecule has 2 aromatic carbocycles. The van der Waals surface area contributed by atoms with Gasteiger partial charge >= 0.3 is 0 Å². The number of carbonyl (C=O) groups is 1. The first kappa shape index (κ1) is 25.1. The first-order chi connectivity index (χ1) is 17.2. The van der Waals surface area contributed by atoms with Crippen LogP contribution in [0.5, 0.6) is 0 Å². The van der Waals surface area contributed by atoms with Gasteiger partial charge in [0.2, 0.25) is 5.43 Å². The van der Waals surface area contributed by atoms with E-state index in [-0.39, 0.29) is 33.8 Å². The van der Waals surface area contributed by atoms with Crippen LogP contribution in [-0.4, -0.2) is 16.5 Å². The van der Waals surface area contributed by atoms with Gasteiger partial charge in [-0.1, -0.05) is 70.5 Å². The fourth-order valence-electron chi connectivity index (χ4n) is 6.81. The van der Waals surface area contributed by atoms with Gasteiger partial charge < -0.3 is 9.88 Å². The number of unbranched alkanes of at least 4 members (excludes halogenated alkanes) is 2. The number of benzene rings is 2. The van der Waals surface area contributed by atoms with Crippen molar-refractivity contribution in [3.8, 4) is 0 Å². The Balaban J connectivity index is 1.50. The van der Waals surface area contributed by atoms with E-state index in [1.165, 1.54) is 6.42 Å². The molecule has 1 amide bonds. The van der Waals surface area contributed by atoms with E-state index in [0.29, 0.717) is 11.3 Å². The van der Waals surface area contributed by atoms with E-state index < -0.39 is 0 Å². The van der Waals surface area contributed by atoms with Crippen molar-refractivity contribution >= 4 is 28.6 Å². The maximum absolute atomic E-state index is 13.6. The molecule has 190 valence electrons. The Morgan fingerprint density at radius 1 is 1.08 bits per heavy atom. The summed E-state index contributed by atoms with van der Waals surface area (Å²) in [5.74, 6) is 0.413. The van der Waals surface area contributed by atoms with Gasteiger partial charge in [-0.15, -0.1) is 0 Å². The number of pyridine rings is 1. The van der Waals surface area contributed by atoms with Crippen LogP contribution in [0, 0.1) is 16.7 Å². The van der Waals surface area contributed by atoms with Crippen molar-refractivity contribution in [2.45, 2.75) is 88.6 Å². The molecule has 5 heteroatoms. The summed E-state index contributed by atoms with van der Waals surface area (Å²) < 4.78 is 2.13. The second-order valence-electron chi connectivity index (χ2n) is 11.7. The van der Waals surface area contributed by atoms with E-state index in [1.807, 2.05) is 36.5 Å². The van der Waals surface area contributed by atoms with Gasteiger partial charge in [-0.25, -0.2) is 0 Å². The third-order valence-electron chi connectivity index (χ3n) is 8.82. The molecule has 1 aromatic heterocycles. The zero-order chi connectivity index (χ0) is 25.5. The average Bonchev–Trinajstić information content (AvgIpc) is 3.35.